The summed E-state index contributed by atoms with van der Waals surface area (Å²) in [4.78, 5) is 12.5. The van der Waals surface area contributed by atoms with E-state index in [1.165, 1.54) is 12.8 Å². The summed E-state index contributed by atoms with van der Waals surface area (Å²) in [6.45, 7) is 6.17. The van der Waals surface area contributed by atoms with Crippen molar-refractivity contribution >= 4 is 5.97 Å². The van der Waals surface area contributed by atoms with Gasteiger partial charge in [-0.2, -0.15) is 0 Å². The summed E-state index contributed by atoms with van der Waals surface area (Å²) in [5.41, 5.74) is 0. The van der Waals surface area contributed by atoms with E-state index in [2.05, 4.69) is 12.2 Å². The Balaban J connectivity index is 1.32. The van der Waals surface area contributed by atoms with Gasteiger partial charge >= 0.3 is 5.97 Å². The Labute approximate surface area is 138 Å². The molecule has 4 bridgehead atoms. The maximum atomic E-state index is 12.5. The van der Waals surface area contributed by atoms with Gasteiger partial charge in [-0.15, -0.1) is 0 Å². The van der Waals surface area contributed by atoms with E-state index in [1.807, 2.05) is 20.8 Å². The average Bonchev–Trinajstić information content (AvgIpc) is 3.25. The van der Waals surface area contributed by atoms with E-state index < -0.39 is 5.79 Å². The van der Waals surface area contributed by atoms with Gasteiger partial charge in [0, 0.05) is 6.61 Å². The number of fused-ring (bicyclic) bond motifs is 9. The van der Waals surface area contributed by atoms with Crippen molar-refractivity contribution in [3.05, 3.63) is 12.2 Å². The number of hydrogen-bond acceptors (Lipinski definition) is 4. The maximum absolute atomic E-state index is 12.5. The van der Waals surface area contributed by atoms with E-state index in [-0.39, 0.29) is 18.7 Å². The Morgan fingerprint density at radius 2 is 1.83 bits per heavy atom. The Morgan fingerprint density at radius 3 is 2.57 bits per heavy atom. The van der Waals surface area contributed by atoms with Crippen molar-refractivity contribution in [1.82, 2.24) is 0 Å². The first-order valence-electron chi connectivity index (χ1n) is 9.13. The molecule has 0 aliphatic heterocycles. The molecule has 0 aromatic heterocycles. The molecule has 0 saturated heterocycles. The molecule has 0 heterocycles. The highest BCUT2D eigenvalue weighted by Crippen LogP contribution is 2.67. The van der Waals surface area contributed by atoms with E-state index >= 15 is 0 Å². The highest BCUT2D eigenvalue weighted by Gasteiger charge is 2.62. The lowest BCUT2D eigenvalue weighted by Crippen LogP contribution is -2.36. The van der Waals surface area contributed by atoms with Crippen molar-refractivity contribution in [3.63, 3.8) is 0 Å². The Morgan fingerprint density at radius 1 is 1.09 bits per heavy atom. The minimum Gasteiger partial charge on any atom is -0.438 e. The molecule has 128 valence electrons. The molecule has 7 unspecified atom stereocenters. The Kier molecular flexibility index (Phi) is 3.80. The predicted octanol–water partition coefficient (Wildman–Crippen LogP) is 3.37. The van der Waals surface area contributed by atoms with Crippen molar-refractivity contribution in [2.24, 2.45) is 41.4 Å². The quantitative estimate of drug-likeness (QED) is 0.326. The van der Waals surface area contributed by atoms with Crippen LogP contribution >= 0.6 is 0 Å². The van der Waals surface area contributed by atoms with Crippen molar-refractivity contribution in [1.29, 1.82) is 0 Å². The van der Waals surface area contributed by atoms with Crippen molar-refractivity contribution in [2.75, 3.05) is 13.4 Å². The Hall–Kier alpha value is -0.870. The molecular weight excluding hydrogens is 292 g/mol. The van der Waals surface area contributed by atoms with E-state index in [9.17, 15) is 4.79 Å². The smallest absolute Gasteiger partial charge is 0.311 e. The number of hydrogen-bond donors (Lipinski definition) is 0. The number of carbonyl (C=O) groups excluding carboxylic acids is 1. The van der Waals surface area contributed by atoms with Gasteiger partial charge < -0.3 is 14.2 Å². The van der Waals surface area contributed by atoms with E-state index in [1.54, 1.807) is 0 Å². The first-order chi connectivity index (χ1) is 11.0. The molecule has 3 fully saturated rings. The molecule has 4 nitrogen and oxygen atoms in total. The number of ether oxygens (including phenoxy) is 3. The van der Waals surface area contributed by atoms with Crippen LogP contribution in [0.5, 0.6) is 0 Å². The van der Waals surface area contributed by atoms with Gasteiger partial charge in [0.25, 0.3) is 0 Å². The van der Waals surface area contributed by atoms with Crippen LogP contribution < -0.4 is 0 Å². The number of allylic oxidation sites excluding steroid dienone is 2. The first kappa shape index (κ1) is 15.6. The second-order valence-electron chi connectivity index (χ2n) is 8.16. The van der Waals surface area contributed by atoms with Gasteiger partial charge in [0.1, 0.15) is 0 Å². The second-order valence-corrected chi connectivity index (χ2v) is 8.16. The zero-order valence-corrected chi connectivity index (χ0v) is 14.4. The van der Waals surface area contributed by atoms with E-state index in [0.717, 1.165) is 36.0 Å². The van der Waals surface area contributed by atoms with Gasteiger partial charge in [-0.3, -0.25) is 4.79 Å². The van der Waals surface area contributed by atoms with Gasteiger partial charge in [0.05, 0.1) is 5.92 Å². The Bertz CT molecular complexity index is 511. The molecule has 0 radical (unpaired) electrons. The summed E-state index contributed by atoms with van der Waals surface area (Å²) < 4.78 is 16.4. The second kappa shape index (κ2) is 5.59. The van der Waals surface area contributed by atoms with Gasteiger partial charge in [-0.1, -0.05) is 12.2 Å². The third kappa shape index (κ3) is 2.54. The SMILES string of the molecule is CCOC(C)(C)OCOC(=O)C1CC2CC1C1C3C=CC(C3)C21. The van der Waals surface area contributed by atoms with E-state index in [0.29, 0.717) is 12.5 Å². The molecule has 0 aromatic carbocycles. The molecular formula is C19H28O4. The minimum atomic E-state index is -0.704. The van der Waals surface area contributed by atoms with Crippen LogP contribution in [0.3, 0.4) is 0 Å². The first-order valence-corrected chi connectivity index (χ1v) is 9.13. The van der Waals surface area contributed by atoms with Crippen LogP contribution in [0.15, 0.2) is 12.2 Å². The normalized spacial score (nSPS) is 43.2. The number of rotatable bonds is 6. The third-order valence-corrected chi connectivity index (χ3v) is 6.67. The average molecular weight is 320 g/mol. The van der Waals surface area contributed by atoms with Crippen LogP contribution in [0.4, 0.5) is 0 Å². The summed E-state index contributed by atoms with van der Waals surface area (Å²) in [5, 5.41) is 0. The van der Waals surface area contributed by atoms with Crippen LogP contribution in [-0.4, -0.2) is 25.2 Å². The fourth-order valence-electron chi connectivity index (χ4n) is 6.01. The molecule has 23 heavy (non-hydrogen) atoms. The molecule has 0 N–H and O–H groups in total. The standard InChI is InChI=1S/C19H28O4/c1-4-22-19(2,3)23-10-21-18(20)15-9-13-8-14(15)17-12-6-5-11(7-12)16(13)17/h5-6,11-17H,4,7-10H2,1-3H3. The lowest BCUT2D eigenvalue weighted by atomic mass is 9.69. The molecule has 4 rings (SSSR count). The predicted molar refractivity (Wildman–Crippen MR) is 85.2 cm³/mol. The topological polar surface area (TPSA) is 44.8 Å². The maximum Gasteiger partial charge on any atom is 0.311 e. The van der Waals surface area contributed by atoms with Crippen LogP contribution in [0.2, 0.25) is 0 Å². The van der Waals surface area contributed by atoms with Crippen LogP contribution in [0, 0.1) is 41.4 Å². The van der Waals surface area contributed by atoms with Crippen LogP contribution in [-0.2, 0) is 19.0 Å². The fourth-order valence-corrected chi connectivity index (χ4v) is 6.01. The molecule has 7 atom stereocenters. The van der Waals surface area contributed by atoms with Gasteiger partial charge in [0.15, 0.2) is 12.6 Å². The van der Waals surface area contributed by atoms with Gasteiger partial charge in [-0.25, -0.2) is 0 Å². The number of esters is 1. The van der Waals surface area contributed by atoms with Crippen molar-refractivity contribution in [2.45, 2.75) is 45.8 Å². The summed E-state index contributed by atoms with van der Waals surface area (Å²) in [7, 11) is 0. The fraction of sp³-hybridized carbons (Fsp3) is 0.842. The summed E-state index contributed by atoms with van der Waals surface area (Å²) >= 11 is 0. The largest absolute Gasteiger partial charge is 0.438 e. The van der Waals surface area contributed by atoms with E-state index in [4.69, 9.17) is 14.2 Å². The highest BCUT2D eigenvalue weighted by molar-refractivity contribution is 5.73. The third-order valence-electron chi connectivity index (χ3n) is 6.67. The highest BCUT2D eigenvalue weighted by atomic mass is 16.8. The molecule has 3 saturated carbocycles. The zero-order valence-electron chi connectivity index (χ0n) is 14.4. The minimum absolute atomic E-state index is 0.0141. The summed E-state index contributed by atoms with van der Waals surface area (Å²) in [6.07, 6.45) is 8.42. The molecule has 0 spiro atoms. The monoisotopic (exact) mass is 320 g/mol. The number of carbonyl (C=O) groups is 1. The zero-order chi connectivity index (χ0) is 16.2. The van der Waals surface area contributed by atoms with Crippen molar-refractivity contribution in [3.8, 4) is 0 Å². The molecule has 0 aromatic rings. The molecule has 4 heteroatoms. The molecule has 0 amide bonds. The van der Waals surface area contributed by atoms with Crippen LogP contribution in [0.25, 0.3) is 0 Å². The van der Waals surface area contributed by atoms with Crippen molar-refractivity contribution < 1.29 is 19.0 Å². The lowest BCUT2D eigenvalue weighted by molar-refractivity contribution is -0.249. The van der Waals surface area contributed by atoms with Gasteiger partial charge in [0.2, 0.25) is 0 Å². The lowest BCUT2D eigenvalue weighted by Gasteiger charge is -2.35. The summed E-state index contributed by atoms with van der Waals surface area (Å²) in [5.74, 6) is 3.72. The van der Waals surface area contributed by atoms with Gasteiger partial charge in [-0.05, 0) is 75.5 Å². The summed E-state index contributed by atoms with van der Waals surface area (Å²) in [6, 6.07) is 0. The molecule has 4 aliphatic carbocycles. The van der Waals surface area contributed by atoms with Crippen LogP contribution in [0.1, 0.15) is 40.0 Å². The molecule has 4 aliphatic rings.